The number of methoxy groups -OCH3 is 2. The SMILES string of the molecule is C=C(I)ON=c1cc(CCC2COC(C)(C)N2C(=O)OC(C)(C)C)oc(C(=O)OC)c1OC. The molecule has 0 aromatic carbocycles. The van der Waals surface area contributed by atoms with Crippen LogP contribution in [0.3, 0.4) is 0 Å². The molecule has 1 fully saturated rings. The molecule has 0 spiro atoms. The number of hydrogen-bond acceptors (Lipinski definition) is 9. The first-order chi connectivity index (χ1) is 15.3. The Bertz CT molecular complexity index is 964. The minimum atomic E-state index is -0.823. The highest BCUT2D eigenvalue weighted by molar-refractivity contribution is 14.1. The van der Waals surface area contributed by atoms with Crippen LogP contribution in [-0.4, -0.2) is 55.2 Å². The third-order valence-corrected chi connectivity index (χ3v) is 4.87. The van der Waals surface area contributed by atoms with Gasteiger partial charge in [-0.25, -0.2) is 9.59 Å². The highest BCUT2D eigenvalue weighted by atomic mass is 127. The van der Waals surface area contributed by atoms with Gasteiger partial charge in [0, 0.05) is 35.1 Å². The van der Waals surface area contributed by atoms with Crippen LogP contribution in [0.1, 0.15) is 57.4 Å². The summed E-state index contributed by atoms with van der Waals surface area (Å²) in [7, 11) is 2.62. The van der Waals surface area contributed by atoms with Crippen LogP contribution in [0.2, 0.25) is 0 Å². The number of carbonyl (C=O) groups excluding carboxylic acids is 2. The Hall–Kier alpha value is -2.28. The van der Waals surface area contributed by atoms with E-state index in [-0.39, 0.29) is 22.9 Å². The molecule has 0 N–H and O–H groups in total. The Morgan fingerprint density at radius 3 is 2.55 bits per heavy atom. The molecule has 1 atom stereocenters. The third kappa shape index (κ3) is 7.10. The average Bonchev–Trinajstić information content (AvgIpc) is 3.02. The van der Waals surface area contributed by atoms with E-state index in [0.29, 0.717) is 29.0 Å². The van der Waals surface area contributed by atoms with Crippen molar-refractivity contribution in [3.63, 3.8) is 0 Å². The van der Waals surface area contributed by atoms with Crippen LogP contribution in [0.5, 0.6) is 5.75 Å². The van der Waals surface area contributed by atoms with Gasteiger partial charge in [-0.1, -0.05) is 5.16 Å². The zero-order valence-corrected chi connectivity index (χ0v) is 22.2. The van der Waals surface area contributed by atoms with Crippen LogP contribution >= 0.6 is 22.6 Å². The molecule has 0 bridgehead atoms. The van der Waals surface area contributed by atoms with E-state index in [1.165, 1.54) is 14.2 Å². The van der Waals surface area contributed by atoms with Crippen LogP contribution in [0.4, 0.5) is 4.79 Å². The van der Waals surface area contributed by atoms with Crippen molar-refractivity contribution in [3.05, 3.63) is 33.3 Å². The van der Waals surface area contributed by atoms with Gasteiger partial charge < -0.3 is 28.2 Å². The predicted molar refractivity (Wildman–Crippen MR) is 127 cm³/mol. The Balaban J connectivity index is 2.35. The zero-order valence-electron chi connectivity index (χ0n) is 20.0. The molecule has 11 heteroatoms. The molecule has 10 nitrogen and oxygen atoms in total. The summed E-state index contributed by atoms with van der Waals surface area (Å²) in [5, 5.41) is 4.23. The molecule has 1 aliphatic heterocycles. The van der Waals surface area contributed by atoms with E-state index < -0.39 is 23.4 Å². The maximum atomic E-state index is 12.8. The molecular weight excluding hydrogens is 547 g/mol. The van der Waals surface area contributed by atoms with Crippen molar-refractivity contribution in [3.8, 4) is 5.75 Å². The topological polar surface area (TPSA) is 109 Å². The van der Waals surface area contributed by atoms with Crippen LogP contribution in [-0.2, 0) is 25.5 Å². The molecular formula is C22H31IN2O8. The van der Waals surface area contributed by atoms with Crippen molar-refractivity contribution >= 4 is 34.7 Å². The van der Waals surface area contributed by atoms with E-state index in [2.05, 4.69) is 11.7 Å². The minimum Gasteiger partial charge on any atom is -0.491 e. The first kappa shape index (κ1) is 27.0. The lowest BCUT2D eigenvalue weighted by Gasteiger charge is -2.35. The molecule has 0 radical (unpaired) electrons. The highest BCUT2D eigenvalue weighted by Crippen LogP contribution is 2.31. The Morgan fingerprint density at radius 1 is 1.33 bits per heavy atom. The maximum Gasteiger partial charge on any atom is 0.412 e. The lowest BCUT2D eigenvalue weighted by Crippen LogP contribution is -2.49. The quantitative estimate of drug-likeness (QED) is 0.206. The van der Waals surface area contributed by atoms with Crippen molar-refractivity contribution in [1.82, 2.24) is 4.90 Å². The Morgan fingerprint density at radius 2 is 2.00 bits per heavy atom. The number of carbonyl (C=O) groups is 2. The van der Waals surface area contributed by atoms with Crippen LogP contribution in [0.15, 0.2) is 26.0 Å². The van der Waals surface area contributed by atoms with Crippen molar-refractivity contribution < 1.29 is 37.8 Å². The highest BCUT2D eigenvalue weighted by Gasteiger charge is 2.45. The summed E-state index contributed by atoms with van der Waals surface area (Å²) in [4.78, 5) is 31.9. The number of aryl methyl sites for hydroxylation is 1. The summed E-state index contributed by atoms with van der Waals surface area (Å²) >= 11 is 1.86. The molecule has 1 aromatic rings. The first-order valence-electron chi connectivity index (χ1n) is 10.3. The third-order valence-electron chi connectivity index (χ3n) is 4.68. The van der Waals surface area contributed by atoms with E-state index >= 15 is 0 Å². The van der Waals surface area contributed by atoms with E-state index in [1.807, 2.05) is 57.2 Å². The summed E-state index contributed by atoms with van der Waals surface area (Å²) in [6.07, 6.45) is 0.394. The van der Waals surface area contributed by atoms with Gasteiger partial charge in [-0.3, -0.25) is 4.90 Å². The van der Waals surface area contributed by atoms with Crippen molar-refractivity contribution in [2.24, 2.45) is 5.16 Å². The maximum absolute atomic E-state index is 12.8. The predicted octanol–water partition coefficient (Wildman–Crippen LogP) is 4.12. The average molecular weight is 578 g/mol. The second-order valence-electron chi connectivity index (χ2n) is 8.79. The zero-order chi connectivity index (χ0) is 25.0. The fraction of sp³-hybridized carbons (Fsp3) is 0.591. The van der Waals surface area contributed by atoms with Crippen LogP contribution in [0.25, 0.3) is 0 Å². The number of halogens is 1. The lowest BCUT2D eigenvalue weighted by atomic mass is 10.1. The normalized spacial score (nSPS) is 18.1. The summed E-state index contributed by atoms with van der Waals surface area (Å²) in [6.45, 7) is 13.0. The molecule has 1 aromatic heterocycles. The number of nitrogens with zero attached hydrogens (tertiary/aromatic N) is 2. The second kappa shape index (κ2) is 10.8. The van der Waals surface area contributed by atoms with E-state index in [9.17, 15) is 9.59 Å². The fourth-order valence-corrected chi connectivity index (χ4v) is 3.44. The number of rotatable bonds is 7. The summed E-state index contributed by atoms with van der Waals surface area (Å²) < 4.78 is 27.6. The van der Waals surface area contributed by atoms with Gasteiger partial charge in [0.2, 0.25) is 0 Å². The number of esters is 1. The molecule has 1 amide bonds. The standard InChI is InChI=1S/C22H31IN2O8/c1-13(23)33-24-16-11-15(31-18(17(16)28-7)19(26)29-8)10-9-14-12-30-22(5,6)25(14)20(27)32-21(2,3)4/h11,14H,1,9-10,12H2,2-8H3. The van der Waals surface area contributed by atoms with Gasteiger partial charge >= 0.3 is 12.1 Å². The smallest absolute Gasteiger partial charge is 0.412 e. The Labute approximate surface area is 207 Å². The molecule has 2 heterocycles. The van der Waals surface area contributed by atoms with Crippen molar-refractivity contribution in [2.75, 3.05) is 20.8 Å². The molecule has 184 valence electrons. The second-order valence-corrected chi connectivity index (χ2v) is 9.99. The van der Waals surface area contributed by atoms with E-state index in [0.717, 1.165) is 0 Å². The van der Waals surface area contributed by atoms with Crippen molar-refractivity contribution in [1.29, 1.82) is 0 Å². The van der Waals surface area contributed by atoms with E-state index in [1.54, 1.807) is 11.0 Å². The first-order valence-corrected chi connectivity index (χ1v) is 11.4. The van der Waals surface area contributed by atoms with Gasteiger partial charge in [0.1, 0.15) is 17.1 Å². The van der Waals surface area contributed by atoms with Gasteiger partial charge in [-0.15, -0.1) is 0 Å². The van der Waals surface area contributed by atoms with Gasteiger partial charge in [-0.05, 0) is 47.6 Å². The Kier molecular flexibility index (Phi) is 8.80. The summed E-state index contributed by atoms with van der Waals surface area (Å²) in [5.74, 6) is -0.375. The molecule has 1 unspecified atom stereocenters. The van der Waals surface area contributed by atoms with Gasteiger partial charge in [-0.2, -0.15) is 0 Å². The van der Waals surface area contributed by atoms with Crippen LogP contribution < -0.4 is 10.1 Å². The number of amides is 1. The summed E-state index contributed by atoms with van der Waals surface area (Å²) in [6, 6.07) is 1.34. The number of ether oxygens (including phenoxy) is 4. The molecule has 2 rings (SSSR count). The van der Waals surface area contributed by atoms with Gasteiger partial charge in [0.15, 0.2) is 14.9 Å². The van der Waals surface area contributed by atoms with Gasteiger partial charge in [0.25, 0.3) is 5.76 Å². The fourth-order valence-electron chi connectivity index (χ4n) is 3.34. The molecule has 1 aliphatic rings. The van der Waals surface area contributed by atoms with Crippen molar-refractivity contribution in [2.45, 2.75) is 64.8 Å². The largest absolute Gasteiger partial charge is 0.491 e. The minimum absolute atomic E-state index is 0.0731. The van der Waals surface area contributed by atoms with E-state index in [4.69, 9.17) is 28.2 Å². The number of hydrogen-bond donors (Lipinski definition) is 0. The van der Waals surface area contributed by atoms with Crippen LogP contribution in [0, 0.1) is 0 Å². The molecule has 0 aliphatic carbocycles. The molecule has 1 saturated heterocycles. The van der Waals surface area contributed by atoms with Gasteiger partial charge in [0.05, 0.1) is 26.9 Å². The summed E-state index contributed by atoms with van der Waals surface area (Å²) in [5.41, 5.74) is -1.46. The molecule has 33 heavy (non-hydrogen) atoms. The lowest BCUT2D eigenvalue weighted by molar-refractivity contribution is -0.0627. The molecule has 0 saturated carbocycles. The monoisotopic (exact) mass is 578 g/mol.